The Morgan fingerprint density at radius 3 is 2.65 bits per heavy atom. The van der Waals surface area contributed by atoms with Crippen LogP contribution in [0.2, 0.25) is 0 Å². The fraction of sp³-hybridized carbons (Fsp3) is 0.526. The molecule has 1 saturated heterocycles. The number of unbranched alkanes of at least 4 members (excludes halogenated alkanes) is 4. The van der Waals surface area contributed by atoms with Gasteiger partial charge in [0, 0.05) is 0 Å². The fourth-order valence-corrected chi connectivity index (χ4v) is 3.63. The molecule has 1 aromatic carbocycles. The average molecular weight is 378 g/mol. The normalized spacial score (nSPS) is 18.5. The second-order valence-corrected chi connectivity index (χ2v) is 7.25. The van der Waals surface area contributed by atoms with E-state index in [0.717, 1.165) is 18.4 Å². The van der Waals surface area contributed by atoms with E-state index in [1.165, 1.54) is 37.4 Å². The Kier molecular flexibility index (Phi) is 8.47. The SMILES string of the molecule is CCCCCCC[C@H]1S/C(=N/N=C\c2ccc(OC)c(OC)c2)NC1=O. The molecule has 2 rings (SSSR count). The van der Waals surface area contributed by atoms with Gasteiger partial charge in [0.25, 0.3) is 0 Å². The molecule has 1 fully saturated rings. The van der Waals surface area contributed by atoms with E-state index in [4.69, 9.17) is 9.47 Å². The predicted octanol–water partition coefficient (Wildman–Crippen LogP) is 3.99. The van der Waals surface area contributed by atoms with Gasteiger partial charge in [-0.1, -0.05) is 50.8 Å². The number of amides is 1. The minimum absolute atomic E-state index is 0.0329. The zero-order valence-corrected chi connectivity index (χ0v) is 16.5. The van der Waals surface area contributed by atoms with E-state index in [9.17, 15) is 4.79 Å². The first-order valence-electron chi connectivity index (χ1n) is 8.98. The van der Waals surface area contributed by atoms with Crippen LogP contribution in [-0.4, -0.2) is 36.8 Å². The fourth-order valence-electron chi connectivity index (χ4n) is 2.66. The van der Waals surface area contributed by atoms with Crippen LogP contribution >= 0.6 is 11.8 Å². The molecule has 0 aliphatic carbocycles. The molecule has 0 bridgehead atoms. The Bertz CT molecular complexity index is 661. The number of benzene rings is 1. The van der Waals surface area contributed by atoms with Crippen molar-refractivity contribution in [3.63, 3.8) is 0 Å². The maximum atomic E-state index is 12.0. The van der Waals surface area contributed by atoms with Crippen LogP contribution in [0.1, 0.15) is 51.0 Å². The Hall–Kier alpha value is -2.02. The van der Waals surface area contributed by atoms with Gasteiger partial charge < -0.3 is 14.8 Å². The molecule has 1 amide bonds. The van der Waals surface area contributed by atoms with Crippen LogP contribution in [0.5, 0.6) is 11.5 Å². The van der Waals surface area contributed by atoms with Crippen molar-refractivity contribution >= 4 is 29.1 Å². The van der Waals surface area contributed by atoms with Crippen molar-refractivity contribution in [1.82, 2.24) is 5.32 Å². The monoisotopic (exact) mass is 377 g/mol. The molecule has 1 atom stereocenters. The number of hydrogen-bond donors (Lipinski definition) is 1. The average Bonchev–Trinajstić information content (AvgIpc) is 3.01. The Morgan fingerprint density at radius 1 is 1.15 bits per heavy atom. The van der Waals surface area contributed by atoms with Gasteiger partial charge >= 0.3 is 0 Å². The predicted molar refractivity (Wildman–Crippen MR) is 107 cm³/mol. The van der Waals surface area contributed by atoms with Gasteiger partial charge in [0.05, 0.1) is 25.7 Å². The summed E-state index contributed by atoms with van der Waals surface area (Å²) in [6, 6.07) is 5.50. The van der Waals surface area contributed by atoms with E-state index < -0.39 is 0 Å². The van der Waals surface area contributed by atoms with Gasteiger partial charge in [-0.05, 0) is 30.2 Å². The minimum atomic E-state index is -0.0494. The summed E-state index contributed by atoms with van der Waals surface area (Å²) in [5, 5.41) is 11.5. The van der Waals surface area contributed by atoms with Crippen LogP contribution in [0.15, 0.2) is 28.4 Å². The molecule has 0 saturated carbocycles. The molecule has 0 aromatic heterocycles. The van der Waals surface area contributed by atoms with E-state index in [2.05, 4.69) is 22.4 Å². The smallest absolute Gasteiger partial charge is 0.239 e. The van der Waals surface area contributed by atoms with Crippen molar-refractivity contribution in [3.05, 3.63) is 23.8 Å². The van der Waals surface area contributed by atoms with Crippen molar-refractivity contribution in [2.75, 3.05) is 14.2 Å². The maximum Gasteiger partial charge on any atom is 0.239 e. The molecular formula is C19H27N3O3S. The van der Waals surface area contributed by atoms with Gasteiger partial charge in [0.1, 0.15) is 0 Å². The van der Waals surface area contributed by atoms with Gasteiger partial charge in [-0.15, -0.1) is 5.10 Å². The summed E-state index contributed by atoms with van der Waals surface area (Å²) >= 11 is 1.46. The van der Waals surface area contributed by atoms with Crippen LogP contribution in [0.3, 0.4) is 0 Å². The standard InChI is InChI=1S/C19H27N3O3S/c1-4-5-6-7-8-9-17-18(23)21-19(26-17)22-20-13-14-10-11-15(24-2)16(12-14)25-3/h10-13,17H,4-9H2,1-3H3,(H,21,22,23)/b20-13-/t17-/m1/s1. The van der Waals surface area contributed by atoms with E-state index in [0.29, 0.717) is 16.7 Å². The number of rotatable bonds is 10. The number of ether oxygens (including phenoxy) is 2. The molecule has 142 valence electrons. The molecule has 26 heavy (non-hydrogen) atoms. The van der Waals surface area contributed by atoms with Crippen LogP contribution in [0.25, 0.3) is 0 Å². The number of nitrogens with one attached hydrogen (secondary N) is 1. The number of methoxy groups -OCH3 is 2. The highest BCUT2D eigenvalue weighted by molar-refractivity contribution is 8.15. The van der Waals surface area contributed by atoms with E-state index >= 15 is 0 Å². The summed E-state index contributed by atoms with van der Waals surface area (Å²) < 4.78 is 10.5. The third-order valence-electron chi connectivity index (χ3n) is 4.11. The number of nitrogens with zero attached hydrogens (tertiary/aromatic N) is 2. The second kappa shape index (κ2) is 10.9. The Balaban J connectivity index is 1.86. The van der Waals surface area contributed by atoms with Crippen LogP contribution < -0.4 is 14.8 Å². The van der Waals surface area contributed by atoms with Gasteiger partial charge in [0.15, 0.2) is 16.7 Å². The second-order valence-electron chi connectivity index (χ2n) is 6.06. The van der Waals surface area contributed by atoms with Gasteiger partial charge in [0.2, 0.25) is 5.91 Å². The molecule has 1 aromatic rings. The van der Waals surface area contributed by atoms with Crippen molar-refractivity contribution in [1.29, 1.82) is 0 Å². The summed E-state index contributed by atoms with van der Waals surface area (Å²) in [7, 11) is 3.18. The van der Waals surface area contributed by atoms with E-state index in [1.807, 2.05) is 18.2 Å². The lowest BCUT2D eigenvalue weighted by Crippen LogP contribution is -2.24. The Morgan fingerprint density at radius 2 is 1.92 bits per heavy atom. The first-order valence-corrected chi connectivity index (χ1v) is 9.86. The third-order valence-corrected chi connectivity index (χ3v) is 5.25. The quantitative estimate of drug-likeness (QED) is 0.380. The first kappa shape index (κ1) is 20.3. The lowest BCUT2D eigenvalue weighted by atomic mass is 10.1. The third kappa shape index (κ3) is 6.05. The summed E-state index contributed by atoms with van der Waals surface area (Å²) in [6.07, 6.45) is 8.51. The lowest BCUT2D eigenvalue weighted by molar-refractivity contribution is -0.118. The van der Waals surface area contributed by atoms with Gasteiger partial charge in [-0.2, -0.15) is 5.10 Å². The number of thioether (sulfide) groups is 1. The zero-order valence-electron chi connectivity index (χ0n) is 15.7. The van der Waals surface area contributed by atoms with E-state index in [1.54, 1.807) is 20.4 Å². The van der Waals surface area contributed by atoms with Gasteiger partial charge in [-0.25, -0.2) is 0 Å². The Labute approximate surface area is 159 Å². The molecule has 1 heterocycles. The highest BCUT2D eigenvalue weighted by Crippen LogP contribution is 2.27. The molecule has 7 heteroatoms. The molecule has 0 spiro atoms. The van der Waals surface area contributed by atoms with Crippen molar-refractivity contribution in [2.24, 2.45) is 10.2 Å². The van der Waals surface area contributed by atoms with Crippen molar-refractivity contribution in [3.8, 4) is 11.5 Å². The molecule has 1 N–H and O–H groups in total. The topological polar surface area (TPSA) is 72.3 Å². The summed E-state index contributed by atoms with van der Waals surface area (Å²) in [5.74, 6) is 1.33. The summed E-state index contributed by atoms with van der Waals surface area (Å²) in [6.45, 7) is 2.20. The van der Waals surface area contributed by atoms with Crippen LogP contribution in [0.4, 0.5) is 0 Å². The maximum absolute atomic E-state index is 12.0. The molecule has 1 aliphatic rings. The van der Waals surface area contributed by atoms with Crippen LogP contribution in [0, 0.1) is 0 Å². The van der Waals surface area contributed by atoms with Crippen LogP contribution in [-0.2, 0) is 4.79 Å². The number of hydrogen-bond acceptors (Lipinski definition) is 6. The zero-order chi connectivity index (χ0) is 18.8. The number of carbonyl (C=O) groups is 1. The summed E-state index contributed by atoms with van der Waals surface area (Å²) in [5.41, 5.74) is 0.841. The van der Waals surface area contributed by atoms with Gasteiger partial charge in [-0.3, -0.25) is 4.79 Å². The van der Waals surface area contributed by atoms with Crippen molar-refractivity contribution < 1.29 is 14.3 Å². The van der Waals surface area contributed by atoms with Crippen molar-refractivity contribution in [2.45, 2.75) is 50.7 Å². The summed E-state index contributed by atoms with van der Waals surface area (Å²) in [4.78, 5) is 12.0. The number of amidine groups is 1. The highest BCUT2D eigenvalue weighted by atomic mass is 32.2. The molecule has 0 radical (unpaired) electrons. The molecular weight excluding hydrogens is 350 g/mol. The highest BCUT2D eigenvalue weighted by Gasteiger charge is 2.29. The van der Waals surface area contributed by atoms with E-state index in [-0.39, 0.29) is 11.2 Å². The first-order chi connectivity index (χ1) is 12.7. The molecule has 1 aliphatic heterocycles. The largest absolute Gasteiger partial charge is 0.493 e. The number of carbonyl (C=O) groups excluding carboxylic acids is 1. The molecule has 6 nitrogen and oxygen atoms in total. The minimum Gasteiger partial charge on any atom is -0.493 e. The molecule has 0 unspecified atom stereocenters. The lowest BCUT2D eigenvalue weighted by Gasteiger charge is -2.07.